The smallest absolute Gasteiger partial charge is 0.471 e. The highest BCUT2D eigenvalue weighted by molar-refractivity contribution is 8.00. The number of alkyl halides is 3. The predicted molar refractivity (Wildman–Crippen MR) is 147 cm³/mol. The van der Waals surface area contributed by atoms with Crippen molar-refractivity contribution in [2.75, 3.05) is 18.9 Å². The molecule has 0 bridgehead atoms. The van der Waals surface area contributed by atoms with Crippen LogP contribution in [0.3, 0.4) is 0 Å². The fourth-order valence-electron chi connectivity index (χ4n) is 3.59. The van der Waals surface area contributed by atoms with Crippen LogP contribution in [0.25, 0.3) is 0 Å². The minimum absolute atomic E-state index is 0.0445. The van der Waals surface area contributed by atoms with Crippen LogP contribution in [0.2, 0.25) is 0 Å². The van der Waals surface area contributed by atoms with Gasteiger partial charge in [-0.1, -0.05) is 76.2 Å². The van der Waals surface area contributed by atoms with E-state index in [9.17, 15) is 32.7 Å². The molecule has 0 spiro atoms. The van der Waals surface area contributed by atoms with Crippen LogP contribution >= 0.6 is 11.8 Å². The van der Waals surface area contributed by atoms with E-state index in [1.165, 1.54) is 38.5 Å². The number of unbranched alkanes of at least 4 members (excludes halogenated alkanes) is 9. The molecule has 12 heteroatoms. The van der Waals surface area contributed by atoms with Gasteiger partial charge in [-0.3, -0.25) is 14.4 Å². The Labute approximate surface area is 233 Å². The van der Waals surface area contributed by atoms with Crippen molar-refractivity contribution in [2.24, 2.45) is 0 Å². The number of halogens is 3. The number of nitrogens with one attached hydrogen (secondary N) is 2. The molecule has 0 aliphatic rings. The van der Waals surface area contributed by atoms with E-state index >= 15 is 0 Å². The average Bonchev–Trinajstić information content (AvgIpc) is 2.88. The molecule has 0 fully saturated rings. The number of carboxylic acids is 1. The van der Waals surface area contributed by atoms with Crippen LogP contribution in [0, 0.1) is 0 Å². The molecular weight excluding hydrogens is 537 g/mol. The number of allylic oxidation sites excluding steroid dienone is 3. The molecule has 0 rings (SSSR count). The van der Waals surface area contributed by atoms with Crippen molar-refractivity contribution in [2.45, 2.75) is 108 Å². The number of carbonyl (C=O) groups is 3. The first-order valence-corrected chi connectivity index (χ1v) is 14.7. The lowest BCUT2D eigenvalue weighted by molar-refractivity contribution is -0.174. The Bertz CT molecular complexity index is 750. The quantitative estimate of drug-likeness (QED) is 0.0884. The lowest BCUT2D eigenvalue weighted by Crippen LogP contribution is -2.52. The normalized spacial score (nSPS) is 14.4. The summed E-state index contributed by atoms with van der Waals surface area (Å²) < 4.78 is 38.3. The molecular formula is C27H45F3N2O6S. The Morgan fingerprint density at radius 1 is 0.949 bits per heavy atom. The summed E-state index contributed by atoms with van der Waals surface area (Å²) in [5.41, 5.74) is 0. The first-order chi connectivity index (χ1) is 18.5. The number of hydrogen-bond donors (Lipinski definition) is 5. The molecule has 0 aromatic rings. The Hall–Kier alpha value is -2.05. The van der Waals surface area contributed by atoms with E-state index < -0.39 is 47.9 Å². The number of hydrogen-bond acceptors (Lipinski definition) is 6. The number of amides is 2. The number of carbonyl (C=O) groups excluding carboxylic acids is 2. The Balaban J connectivity index is 5.06. The molecule has 0 saturated heterocycles. The molecule has 0 radical (unpaired) electrons. The van der Waals surface area contributed by atoms with Crippen molar-refractivity contribution in [1.82, 2.24) is 10.6 Å². The molecule has 0 aliphatic carbocycles. The molecule has 1 unspecified atom stereocenters. The number of rotatable bonds is 23. The van der Waals surface area contributed by atoms with Crippen LogP contribution in [0.4, 0.5) is 13.2 Å². The molecule has 2 amide bonds. The largest absolute Gasteiger partial charge is 0.480 e. The van der Waals surface area contributed by atoms with Crippen molar-refractivity contribution >= 4 is 29.5 Å². The first-order valence-electron chi connectivity index (χ1n) is 13.6. The number of aliphatic carboxylic acids is 1. The van der Waals surface area contributed by atoms with Gasteiger partial charge in [-0.2, -0.15) is 13.2 Å². The molecule has 0 aromatic carbocycles. The topological polar surface area (TPSA) is 136 Å². The highest BCUT2D eigenvalue weighted by Crippen LogP contribution is 2.22. The van der Waals surface area contributed by atoms with Gasteiger partial charge in [0, 0.05) is 17.6 Å². The summed E-state index contributed by atoms with van der Waals surface area (Å²) in [6.45, 7) is 1.33. The Morgan fingerprint density at radius 2 is 1.59 bits per heavy atom. The van der Waals surface area contributed by atoms with Crippen molar-refractivity contribution in [3.8, 4) is 0 Å². The summed E-state index contributed by atoms with van der Waals surface area (Å²) in [5.74, 6) is -5.12. The summed E-state index contributed by atoms with van der Waals surface area (Å²) in [5, 5.41) is 31.3. The molecule has 226 valence electrons. The SMILES string of the molecule is CCCCCCCCCCC=CC=C[C@H](SCC(NC(=O)C(F)(F)F)C(=O)NCC(=O)O)[C@H](O)CCCCO. The number of aliphatic hydroxyl groups is 2. The summed E-state index contributed by atoms with van der Waals surface area (Å²) in [6.07, 6.45) is 13.0. The van der Waals surface area contributed by atoms with Crippen LogP contribution in [0.15, 0.2) is 24.3 Å². The van der Waals surface area contributed by atoms with Gasteiger partial charge in [0.25, 0.3) is 0 Å². The third-order valence-electron chi connectivity index (χ3n) is 5.81. The molecule has 0 aromatic heterocycles. The average molecular weight is 583 g/mol. The lowest BCUT2D eigenvalue weighted by atomic mass is 10.1. The minimum Gasteiger partial charge on any atom is -0.480 e. The standard InChI is InChI=1S/C27H45F3N2O6S/c1-2-3-4-5-6-7-8-9-10-11-12-13-17-23(22(34)16-14-15-18-33)39-20-21(25(37)31-19-24(35)36)32-26(38)27(28,29)30/h11-13,17,21-23,33-34H,2-10,14-16,18-20H2,1H3,(H,31,37)(H,32,38)(H,35,36)/t21?,22-,23+/m1/s1. The zero-order chi connectivity index (χ0) is 29.5. The second-order valence-electron chi connectivity index (χ2n) is 9.30. The van der Waals surface area contributed by atoms with Gasteiger partial charge in [0.15, 0.2) is 0 Å². The fraction of sp³-hybridized carbons (Fsp3) is 0.741. The van der Waals surface area contributed by atoms with E-state index in [4.69, 9.17) is 10.2 Å². The van der Waals surface area contributed by atoms with Crippen molar-refractivity contribution in [1.29, 1.82) is 0 Å². The van der Waals surface area contributed by atoms with E-state index in [1.54, 1.807) is 17.5 Å². The lowest BCUT2D eigenvalue weighted by Gasteiger charge is -2.23. The summed E-state index contributed by atoms with van der Waals surface area (Å²) in [7, 11) is 0. The van der Waals surface area contributed by atoms with E-state index in [-0.39, 0.29) is 12.4 Å². The van der Waals surface area contributed by atoms with Gasteiger partial charge in [0.05, 0.1) is 6.10 Å². The summed E-state index contributed by atoms with van der Waals surface area (Å²) in [6, 6.07) is -1.67. The number of aliphatic hydroxyl groups excluding tert-OH is 2. The van der Waals surface area contributed by atoms with Gasteiger partial charge in [-0.05, 0) is 32.1 Å². The van der Waals surface area contributed by atoms with Crippen LogP contribution < -0.4 is 10.6 Å². The highest BCUT2D eigenvalue weighted by atomic mass is 32.2. The van der Waals surface area contributed by atoms with Crippen LogP contribution in [0.5, 0.6) is 0 Å². The second-order valence-corrected chi connectivity index (χ2v) is 10.5. The van der Waals surface area contributed by atoms with Gasteiger partial charge in [0.1, 0.15) is 12.6 Å². The molecule has 3 atom stereocenters. The van der Waals surface area contributed by atoms with E-state index in [0.29, 0.717) is 19.3 Å². The predicted octanol–water partition coefficient (Wildman–Crippen LogP) is 4.50. The van der Waals surface area contributed by atoms with Gasteiger partial charge in [-0.15, -0.1) is 11.8 Å². The summed E-state index contributed by atoms with van der Waals surface area (Å²) in [4.78, 5) is 34.4. The monoisotopic (exact) mass is 582 g/mol. The van der Waals surface area contributed by atoms with Crippen molar-refractivity contribution < 1.29 is 42.9 Å². The van der Waals surface area contributed by atoms with Gasteiger partial charge >= 0.3 is 18.1 Å². The molecule has 0 heterocycles. The van der Waals surface area contributed by atoms with Crippen LogP contribution in [0.1, 0.15) is 84.0 Å². The minimum atomic E-state index is -5.22. The maximum absolute atomic E-state index is 12.8. The number of carboxylic acid groups (broad SMARTS) is 1. The molecule has 8 nitrogen and oxygen atoms in total. The molecule has 0 saturated carbocycles. The van der Waals surface area contributed by atoms with E-state index in [1.807, 2.05) is 17.5 Å². The van der Waals surface area contributed by atoms with Crippen molar-refractivity contribution in [3.63, 3.8) is 0 Å². The highest BCUT2D eigenvalue weighted by Gasteiger charge is 2.41. The third-order valence-corrected chi connectivity index (χ3v) is 7.19. The van der Waals surface area contributed by atoms with Gasteiger partial charge in [-0.25, -0.2) is 0 Å². The number of thioether (sulfide) groups is 1. The van der Waals surface area contributed by atoms with Gasteiger partial charge < -0.3 is 26.0 Å². The molecule has 5 N–H and O–H groups in total. The zero-order valence-corrected chi connectivity index (χ0v) is 23.6. The maximum Gasteiger partial charge on any atom is 0.471 e. The van der Waals surface area contributed by atoms with Crippen LogP contribution in [-0.4, -0.2) is 75.6 Å². The zero-order valence-electron chi connectivity index (χ0n) is 22.8. The van der Waals surface area contributed by atoms with Crippen LogP contribution in [-0.2, 0) is 14.4 Å². The van der Waals surface area contributed by atoms with E-state index in [2.05, 4.69) is 6.92 Å². The molecule has 0 aliphatic heterocycles. The van der Waals surface area contributed by atoms with Crippen molar-refractivity contribution in [3.05, 3.63) is 24.3 Å². The molecule has 39 heavy (non-hydrogen) atoms. The van der Waals surface area contributed by atoms with Gasteiger partial charge in [0.2, 0.25) is 5.91 Å². The fourth-order valence-corrected chi connectivity index (χ4v) is 4.79. The first kappa shape index (κ1) is 37.0. The second kappa shape index (κ2) is 22.7. The maximum atomic E-state index is 12.8. The van der Waals surface area contributed by atoms with E-state index in [0.717, 1.165) is 31.0 Å². The summed E-state index contributed by atoms with van der Waals surface area (Å²) >= 11 is 0.970. The Kier molecular flexibility index (Phi) is 21.5. The third kappa shape index (κ3) is 20.5. The Morgan fingerprint density at radius 3 is 2.18 bits per heavy atom.